The van der Waals surface area contributed by atoms with Crippen molar-refractivity contribution in [2.75, 3.05) is 0 Å². The van der Waals surface area contributed by atoms with E-state index in [1.165, 1.54) is 0 Å². The van der Waals surface area contributed by atoms with Gasteiger partial charge in [0.1, 0.15) is 16.6 Å². The number of para-hydroxylation sites is 1. The predicted molar refractivity (Wildman–Crippen MR) is 79.5 cm³/mol. The highest BCUT2D eigenvalue weighted by atomic mass is 16.4. The Morgan fingerprint density at radius 3 is 2.29 bits per heavy atom. The molecular formula is C17H8O4. The first-order valence-electron chi connectivity index (χ1n) is 6.56. The maximum Gasteiger partial charge on any atom is 0.204 e. The van der Waals surface area contributed by atoms with Gasteiger partial charge in [-0.2, -0.15) is 0 Å². The summed E-state index contributed by atoms with van der Waals surface area (Å²) in [4.78, 5) is 12.8. The summed E-state index contributed by atoms with van der Waals surface area (Å²) in [5.41, 5.74) is 1.98. The molecule has 3 heterocycles. The lowest BCUT2D eigenvalue weighted by Crippen LogP contribution is -2.02. The summed E-state index contributed by atoms with van der Waals surface area (Å²) in [7, 11) is 0. The molecule has 0 N–H and O–H groups in total. The van der Waals surface area contributed by atoms with E-state index < -0.39 is 0 Å². The molecule has 0 spiro atoms. The lowest BCUT2D eigenvalue weighted by atomic mass is 10.1. The van der Waals surface area contributed by atoms with Gasteiger partial charge in [-0.25, -0.2) is 0 Å². The van der Waals surface area contributed by atoms with Crippen LogP contribution in [0.5, 0.6) is 0 Å². The molecule has 100 valence electrons. The SMILES string of the molecule is O=c1c2ccccc2oc2c3occc3c3ccoc3c12. The van der Waals surface area contributed by atoms with Crippen molar-refractivity contribution in [3.63, 3.8) is 0 Å². The van der Waals surface area contributed by atoms with Gasteiger partial charge in [-0.1, -0.05) is 12.1 Å². The fourth-order valence-electron chi connectivity index (χ4n) is 2.92. The Morgan fingerprint density at radius 2 is 1.43 bits per heavy atom. The summed E-state index contributed by atoms with van der Waals surface area (Å²) in [6.45, 7) is 0. The van der Waals surface area contributed by atoms with Crippen LogP contribution in [0.2, 0.25) is 0 Å². The highest BCUT2D eigenvalue weighted by Crippen LogP contribution is 2.35. The highest BCUT2D eigenvalue weighted by Gasteiger charge is 2.19. The summed E-state index contributed by atoms with van der Waals surface area (Å²) >= 11 is 0. The van der Waals surface area contributed by atoms with E-state index in [0.717, 1.165) is 10.8 Å². The van der Waals surface area contributed by atoms with Gasteiger partial charge in [0.2, 0.25) is 5.43 Å². The molecule has 5 rings (SSSR count). The number of fused-ring (bicyclic) bond motifs is 7. The van der Waals surface area contributed by atoms with Crippen LogP contribution in [0, 0.1) is 0 Å². The molecule has 2 aromatic carbocycles. The van der Waals surface area contributed by atoms with Crippen LogP contribution in [0.1, 0.15) is 0 Å². The first-order chi connectivity index (χ1) is 10.3. The molecule has 0 aliphatic rings. The molecule has 0 unspecified atom stereocenters. The molecule has 4 nitrogen and oxygen atoms in total. The lowest BCUT2D eigenvalue weighted by Gasteiger charge is -2.03. The fourth-order valence-corrected chi connectivity index (χ4v) is 2.92. The fraction of sp³-hybridized carbons (Fsp3) is 0. The highest BCUT2D eigenvalue weighted by molar-refractivity contribution is 6.21. The van der Waals surface area contributed by atoms with Crippen molar-refractivity contribution < 1.29 is 13.3 Å². The van der Waals surface area contributed by atoms with E-state index in [1.807, 2.05) is 24.3 Å². The van der Waals surface area contributed by atoms with Gasteiger partial charge in [-0.05, 0) is 24.3 Å². The van der Waals surface area contributed by atoms with Crippen molar-refractivity contribution in [3.8, 4) is 0 Å². The maximum atomic E-state index is 12.8. The van der Waals surface area contributed by atoms with E-state index in [-0.39, 0.29) is 5.43 Å². The van der Waals surface area contributed by atoms with Crippen LogP contribution in [0.25, 0.3) is 43.9 Å². The normalized spacial score (nSPS) is 12.0. The van der Waals surface area contributed by atoms with Gasteiger partial charge in [0, 0.05) is 10.8 Å². The average molecular weight is 276 g/mol. The van der Waals surface area contributed by atoms with E-state index in [9.17, 15) is 4.79 Å². The summed E-state index contributed by atoms with van der Waals surface area (Å²) < 4.78 is 17.0. The Hall–Kier alpha value is -3.01. The van der Waals surface area contributed by atoms with Gasteiger partial charge in [0.05, 0.1) is 17.9 Å². The molecule has 21 heavy (non-hydrogen) atoms. The quantitative estimate of drug-likeness (QED) is 0.392. The Balaban J connectivity index is 2.26. The van der Waals surface area contributed by atoms with Gasteiger partial charge < -0.3 is 13.3 Å². The molecule has 0 aliphatic carbocycles. The first-order valence-corrected chi connectivity index (χ1v) is 6.56. The molecule has 0 aliphatic heterocycles. The Kier molecular flexibility index (Phi) is 1.81. The van der Waals surface area contributed by atoms with E-state index >= 15 is 0 Å². The zero-order valence-electron chi connectivity index (χ0n) is 10.8. The van der Waals surface area contributed by atoms with Gasteiger partial charge in [0.15, 0.2) is 11.2 Å². The van der Waals surface area contributed by atoms with Crippen molar-refractivity contribution in [2.45, 2.75) is 0 Å². The summed E-state index contributed by atoms with van der Waals surface area (Å²) in [6, 6.07) is 10.9. The number of hydrogen-bond acceptors (Lipinski definition) is 4. The smallest absolute Gasteiger partial charge is 0.204 e. The van der Waals surface area contributed by atoms with Crippen LogP contribution in [-0.2, 0) is 0 Å². The van der Waals surface area contributed by atoms with Gasteiger partial charge in [-0.15, -0.1) is 0 Å². The third-order valence-electron chi connectivity index (χ3n) is 3.85. The minimum absolute atomic E-state index is 0.106. The number of rotatable bonds is 0. The summed E-state index contributed by atoms with van der Waals surface area (Å²) in [5.74, 6) is 0. The predicted octanol–water partition coefficient (Wildman–Crippen LogP) is 4.44. The molecular weight excluding hydrogens is 268 g/mol. The topological polar surface area (TPSA) is 56.5 Å². The third-order valence-corrected chi connectivity index (χ3v) is 3.85. The van der Waals surface area contributed by atoms with Crippen LogP contribution in [-0.4, -0.2) is 0 Å². The Morgan fingerprint density at radius 1 is 0.714 bits per heavy atom. The second-order valence-corrected chi connectivity index (χ2v) is 4.96. The van der Waals surface area contributed by atoms with E-state index in [2.05, 4.69) is 0 Å². The monoisotopic (exact) mass is 276 g/mol. The zero-order chi connectivity index (χ0) is 14.0. The first kappa shape index (κ1) is 10.7. The number of benzene rings is 2. The van der Waals surface area contributed by atoms with Gasteiger partial charge >= 0.3 is 0 Å². The molecule has 5 aromatic rings. The Labute approximate surface area is 117 Å². The molecule has 0 fully saturated rings. The zero-order valence-corrected chi connectivity index (χ0v) is 10.8. The number of hydrogen-bond donors (Lipinski definition) is 0. The van der Waals surface area contributed by atoms with Crippen molar-refractivity contribution >= 4 is 43.9 Å². The Bertz CT molecular complexity index is 1200. The maximum absolute atomic E-state index is 12.8. The molecule has 0 saturated carbocycles. The van der Waals surface area contributed by atoms with Crippen molar-refractivity contribution in [2.24, 2.45) is 0 Å². The molecule has 0 bridgehead atoms. The van der Waals surface area contributed by atoms with E-state index in [0.29, 0.717) is 33.1 Å². The van der Waals surface area contributed by atoms with Gasteiger partial charge in [-0.3, -0.25) is 4.79 Å². The van der Waals surface area contributed by atoms with Crippen molar-refractivity contribution in [3.05, 3.63) is 59.1 Å². The number of furan rings is 2. The minimum Gasteiger partial charge on any atom is -0.463 e. The molecule has 0 radical (unpaired) electrons. The lowest BCUT2D eigenvalue weighted by molar-refractivity contribution is 0.595. The largest absolute Gasteiger partial charge is 0.463 e. The molecule has 0 atom stereocenters. The van der Waals surface area contributed by atoms with E-state index in [1.54, 1.807) is 24.7 Å². The summed E-state index contributed by atoms with van der Waals surface area (Å²) in [5, 5.41) is 2.70. The second-order valence-electron chi connectivity index (χ2n) is 4.96. The third kappa shape index (κ3) is 1.22. The van der Waals surface area contributed by atoms with Crippen LogP contribution in [0.4, 0.5) is 0 Å². The van der Waals surface area contributed by atoms with Gasteiger partial charge in [0.25, 0.3) is 0 Å². The van der Waals surface area contributed by atoms with Crippen LogP contribution >= 0.6 is 0 Å². The van der Waals surface area contributed by atoms with E-state index in [4.69, 9.17) is 13.3 Å². The average Bonchev–Trinajstić information content (AvgIpc) is 3.16. The molecule has 0 amide bonds. The van der Waals surface area contributed by atoms with Crippen LogP contribution in [0.15, 0.2) is 67.0 Å². The van der Waals surface area contributed by atoms with Crippen molar-refractivity contribution in [1.82, 2.24) is 0 Å². The molecule has 4 heteroatoms. The van der Waals surface area contributed by atoms with Crippen molar-refractivity contribution in [1.29, 1.82) is 0 Å². The molecule has 0 saturated heterocycles. The van der Waals surface area contributed by atoms with Crippen LogP contribution < -0.4 is 5.43 Å². The molecule has 3 aromatic heterocycles. The standard InChI is InChI=1S/C17H8O4/c18-14-11-3-1-2-4-12(11)21-17-13(14)15-9(5-7-19-15)10-6-8-20-16(10)17/h1-8H. The second kappa shape index (κ2) is 3.55. The minimum atomic E-state index is -0.106. The van der Waals surface area contributed by atoms with Crippen LogP contribution in [0.3, 0.4) is 0 Å². The summed E-state index contributed by atoms with van der Waals surface area (Å²) in [6.07, 6.45) is 3.16.